The van der Waals surface area contributed by atoms with E-state index in [2.05, 4.69) is 20.7 Å². The Kier molecular flexibility index (Phi) is 4.51. The Labute approximate surface area is 101 Å². The topological polar surface area (TPSA) is 46.2 Å². The molecule has 0 aliphatic carbocycles. The van der Waals surface area contributed by atoms with Gasteiger partial charge in [0.15, 0.2) is 0 Å². The zero-order valence-corrected chi connectivity index (χ0v) is 10.7. The van der Waals surface area contributed by atoms with Crippen molar-refractivity contribution in [2.24, 2.45) is 0 Å². The van der Waals surface area contributed by atoms with Crippen molar-refractivity contribution in [2.45, 2.75) is 4.90 Å². The molecule has 3 nitrogen and oxygen atoms in total. The second kappa shape index (κ2) is 5.25. The van der Waals surface area contributed by atoms with Crippen molar-refractivity contribution in [3.8, 4) is 0 Å². The van der Waals surface area contributed by atoms with Crippen molar-refractivity contribution in [1.29, 1.82) is 0 Å². The summed E-state index contributed by atoms with van der Waals surface area (Å²) in [5.41, 5.74) is 0. The van der Waals surface area contributed by atoms with Crippen molar-refractivity contribution in [3.05, 3.63) is 29.0 Å². The average molecular weight is 317 g/mol. The molecule has 1 rings (SSSR count). The van der Waals surface area contributed by atoms with Gasteiger partial charge in [0.2, 0.25) is 10.0 Å². The van der Waals surface area contributed by atoms with E-state index in [0.717, 1.165) is 12.1 Å². The van der Waals surface area contributed by atoms with Gasteiger partial charge in [0.05, 0.1) is 5.02 Å². The summed E-state index contributed by atoms with van der Waals surface area (Å²) in [6.45, 7) is 0.217. The van der Waals surface area contributed by atoms with Crippen LogP contribution < -0.4 is 4.72 Å². The molecule has 0 aromatic heterocycles. The molecule has 0 saturated carbocycles. The van der Waals surface area contributed by atoms with Crippen LogP contribution in [0.25, 0.3) is 0 Å². The molecule has 0 fully saturated rings. The van der Waals surface area contributed by atoms with E-state index in [9.17, 15) is 12.8 Å². The van der Waals surface area contributed by atoms with Crippen molar-refractivity contribution in [3.63, 3.8) is 0 Å². The first-order valence-electron chi connectivity index (χ1n) is 3.98. The lowest BCUT2D eigenvalue weighted by molar-refractivity contribution is 0.580. The molecule has 0 atom stereocenters. The summed E-state index contributed by atoms with van der Waals surface area (Å²) in [6, 6.07) is 3.20. The van der Waals surface area contributed by atoms with Crippen molar-refractivity contribution < 1.29 is 12.8 Å². The van der Waals surface area contributed by atoms with E-state index in [1.54, 1.807) is 0 Å². The average Bonchev–Trinajstić information content (AvgIpc) is 2.18. The standard InChI is InChI=1S/C8H8BrClFNO2S/c9-3-4-12-15(13,14)8-5-6(11)1-2-7(8)10/h1-2,5,12H,3-4H2. The quantitative estimate of drug-likeness (QED) is 0.865. The molecule has 1 N–H and O–H groups in total. The number of hydrogen-bond acceptors (Lipinski definition) is 2. The minimum atomic E-state index is -3.73. The van der Waals surface area contributed by atoms with Crippen molar-refractivity contribution >= 4 is 37.6 Å². The maximum Gasteiger partial charge on any atom is 0.242 e. The van der Waals surface area contributed by atoms with Crippen molar-refractivity contribution in [1.82, 2.24) is 4.72 Å². The van der Waals surface area contributed by atoms with E-state index in [4.69, 9.17) is 11.6 Å². The van der Waals surface area contributed by atoms with E-state index in [-0.39, 0.29) is 16.5 Å². The van der Waals surface area contributed by atoms with E-state index >= 15 is 0 Å². The number of hydrogen-bond donors (Lipinski definition) is 1. The third-order valence-corrected chi connectivity index (χ3v) is 3.91. The lowest BCUT2D eigenvalue weighted by Crippen LogP contribution is -2.25. The lowest BCUT2D eigenvalue weighted by atomic mass is 10.3. The summed E-state index contributed by atoms with van der Waals surface area (Å²) in [4.78, 5) is -0.245. The number of sulfonamides is 1. The Morgan fingerprint density at radius 1 is 1.47 bits per heavy atom. The van der Waals surface area contributed by atoms with Crippen LogP contribution in [-0.2, 0) is 10.0 Å². The molecule has 0 spiro atoms. The maximum atomic E-state index is 12.8. The van der Waals surface area contributed by atoms with Gasteiger partial charge in [0.1, 0.15) is 10.7 Å². The van der Waals surface area contributed by atoms with Gasteiger partial charge in [0.25, 0.3) is 0 Å². The minimum absolute atomic E-state index is 0.00141. The number of nitrogens with one attached hydrogen (secondary N) is 1. The van der Waals surface area contributed by atoms with Gasteiger partial charge in [0, 0.05) is 11.9 Å². The molecule has 0 bridgehead atoms. The molecule has 0 saturated heterocycles. The van der Waals surface area contributed by atoms with Crippen LogP contribution in [0.3, 0.4) is 0 Å². The molecule has 84 valence electrons. The Bertz CT molecular complexity index is 452. The van der Waals surface area contributed by atoms with Gasteiger partial charge in [-0.25, -0.2) is 17.5 Å². The summed E-state index contributed by atoms with van der Waals surface area (Å²) in [6.07, 6.45) is 0. The summed E-state index contributed by atoms with van der Waals surface area (Å²) in [7, 11) is -3.73. The molecular formula is C8H8BrClFNO2S. The predicted molar refractivity (Wildman–Crippen MR) is 60.4 cm³/mol. The monoisotopic (exact) mass is 315 g/mol. The van der Waals surface area contributed by atoms with E-state index < -0.39 is 15.8 Å². The van der Waals surface area contributed by atoms with Crippen LogP contribution in [0.5, 0.6) is 0 Å². The van der Waals surface area contributed by atoms with Gasteiger partial charge in [-0.05, 0) is 18.2 Å². The van der Waals surface area contributed by atoms with Crippen LogP contribution in [0.15, 0.2) is 23.1 Å². The fourth-order valence-corrected chi connectivity index (χ4v) is 2.94. The van der Waals surface area contributed by atoms with Crippen LogP contribution >= 0.6 is 27.5 Å². The summed E-state index contributed by atoms with van der Waals surface area (Å²) in [5.74, 6) is -0.640. The first-order valence-corrected chi connectivity index (χ1v) is 6.96. The number of halogens is 3. The first kappa shape index (κ1) is 12.9. The van der Waals surface area contributed by atoms with Gasteiger partial charge in [-0.1, -0.05) is 27.5 Å². The number of alkyl halides is 1. The van der Waals surface area contributed by atoms with Crippen molar-refractivity contribution in [2.75, 3.05) is 11.9 Å². The molecule has 0 radical (unpaired) electrons. The summed E-state index contributed by atoms with van der Waals surface area (Å²) >= 11 is 8.74. The Morgan fingerprint density at radius 2 is 2.13 bits per heavy atom. The first-order chi connectivity index (χ1) is 6.97. The Balaban J connectivity index is 3.09. The second-order valence-corrected chi connectivity index (χ2v) is 5.60. The fraction of sp³-hybridized carbons (Fsp3) is 0.250. The molecular weight excluding hydrogens is 309 g/mol. The lowest BCUT2D eigenvalue weighted by Gasteiger charge is -2.06. The van der Waals surface area contributed by atoms with Gasteiger partial charge in [-0.3, -0.25) is 0 Å². The molecule has 1 aromatic rings. The smallest absolute Gasteiger partial charge is 0.210 e. The fourth-order valence-electron chi connectivity index (χ4n) is 0.934. The van der Waals surface area contributed by atoms with Crippen LogP contribution in [0.4, 0.5) is 4.39 Å². The van der Waals surface area contributed by atoms with Crippen LogP contribution in [0.2, 0.25) is 5.02 Å². The van der Waals surface area contributed by atoms with Crippen LogP contribution in [-0.4, -0.2) is 20.3 Å². The van der Waals surface area contributed by atoms with Crippen LogP contribution in [0.1, 0.15) is 0 Å². The highest BCUT2D eigenvalue weighted by Crippen LogP contribution is 2.21. The summed E-state index contributed by atoms with van der Waals surface area (Å²) < 4.78 is 38.3. The summed E-state index contributed by atoms with van der Waals surface area (Å²) in [5, 5.41) is 0.470. The number of rotatable bonds is 4. The molecule has 7 heteroatoms. The molecule has 15 heavy (non-hydrogen) atoms. The Morgan fingerprint density at radius 3 is 2.73 bits per heavy atom. The highest BCUT2D eigenvalue weighted by Gasteiger charge is 2.17. The van der Waals surface area contributed by atoms with Gasteiger partial charge >= 0.3 is 0 Å². The largest absolute Gasteiger partial charge is 0.242 e. The van der Waals surface area contributed by atoms with E-state index in [0.29, 0.717) is 5.33 Å². The highest BCUT2D eigenvalue weighted by molar-refractivity contribution is 9.09. The zero-order chi connectivity index (χ0) is 11.5. The third kappa shape index (κ3) is 3.41. The Hall–Kier alpha value is -0.170. The zero-order valence-electron chi connectivity index (χ0n) is 7.50. The highest BCUT2D eigenvalue weighted by atomic mass is 79.9. The normalized spacial score (nSPS) is 11.7. The molecule has 0 aliphatic heterocycles. The van der Waals surface area contributed by atoms with Crippen LogP contribution in [0, 0.1) is 5.82 Å². The molecule has 0 heterocycles. The second-order valence-electron chi connectivity index (χ2n) is 2.66. The van der Waals surface area contributed by atoms with Gasteiger partial charge in [-0.2, -0.15) is 0 Å². The molecule has 0 unspecified atom stereocenters. The number of benzene rings is 1. The van der Waals surface area contributed by atoms with Gasteiger partial charge in [-0.15, -0.1) is 0 Å². The maximum absolute atomic E-state index is 12.8. The predicted octanol–water partition coefficient (Wildman–Crippen LogP) is 2.15. The third-order valence-electron chi connectivity index (χ3n) is 1.57. The molecule has 1 aromatic carbocycles. The van der Waals surface area contributed by atoms with E-state index in [1.165, 1.54) is 6.07 Å². The van der Waals surface area contributed by atoms with Gasteiger partial charge < -0.3 is 0 Å². The minimum Gasteiger partial charge on any atom is -0.210 e. The SMILES string of the molecule is O=S(=O)(NCCBr)c1cc(F)ccc1Cl. The molecule has 0 amide bonds. The van der Waals surface area contributed by atoms with E-state index in [1.807, 2.05) is 0 Å². The molecule has 0 aliphatic rings.